The highest BCUT2D eigenvalue weighted by molar-refractivity contribution is 5.93. The maximum absolute atomic E-state index is 13.4. The van der Waals surface area contributed by atoms with Crippen LogP contribution in [-0.4, -0.2) is 23.7 Å². The lowest BCUT2D eigenvalue weighted by atomic mass is 10.1. The number of rotatable bonds is 5. The van der Waals surface area contributed by atoms with E-state index in [2.05, 4.69) is 10.6 Å². The lowest BCUT2D eigenvalue weighted by Crippen LogP contribution is -2.30. The summed E-state index contributed by atoms with van der Waals surface area (Å²) >= 11 is 0. The molecule has 3 N–H and O–H groups in total. The predicted molar refractivity (Wildman–Crippen MR) is 80.5 cm³/mol. The summed E-state index contributed by atoms with van der Waals surface area (Å²) in [5, 5.41) is 14.0. The molecule has 0 spiro atoms. The molecule has 0 fully saturated rings. The monoisotopic (exact) mass is 302 g/mol. The molecule has 22 heavy (non-hydrogen) atoms. The summed E-state index contributed by atoms with van der Waals surface area (Å²) in [6.07, 6.45) is 0.370. The van der Waals surface area contributed by atoms with Crippen molar-refractivity contribution in [3.05, 3.63) is 65.5 Å². The summed E-state index contributed by atoms with van der Waals surface area (Å²) in [4.78, 5) is 22.5. The van der Waals surface area contributed by atoms with Crippen molar-refractivity contribution < 1.29 is 19.1 Å². The highest BCUT2D eigenvalue weighted by Crippen LogP contribution is 2.10. The molecule has 0 saturated heterocycles. The number of aromatic carboxylic acids is 1. The second kappa shape index (κ2) is 7.21. The minimum absolute atomic E-state index is 0.0872. The first-order chi connectivity index (χ1) is 10.6. The molecular weight excluding hydrogens is 287 g/mol. The molecule has 0 saturated carbocycles. The molecule has 2 aromatic rings. The van der Waals surface area contributed by atoms with Gasteiger partial charge in [0, 0.05) is 12.2 Å². The number of carbonyl (C=O) groups excluding carboxylic acids is 1. The number of carboxylic acid groups (broad SMARTS) is 1. The van der Waals surface area contributed by atoms with Gasteiger partial charge in [0.05, 0.1) is 5.56 Å². The van der Waals surface area contributed by atoms with Gasteiger partial charge in [-0.15, -0.1) is 0 Å². The topological polar surface area (TPSA) is 78.4 Å². The van der Waals surface area contributed by atoms with Crippen molar-refractivity contribution in [3.8, 4) is 0 Å². The van der Waals surface area contributed by atoms with Crippen LogP contribution in [0, 0.1) is 5.82 Å². The number of amides is 2. The van der Waals surface area contributed by atoms with Crippen molar-refractivity contribution in [2.24, 2.45) is 0 Å². The summed E-state index contributed by atoms with van der Waals surface area (Å²) in [6, 6.07) is 11.8. The van der Waals surface area contributed by atoms with Crippen molar-refractivity contribution >= 4 is 17.7 Å². The summed E-state index contributed by atoms with van der Waals surface area (Å²) in [5.41, 5.74) is 0.989. The SMILES string of the molecule is O=C(NCCc1ccccc1F)Nc1cccc(C(=O)O)c1. The Balaban J connectivity index is 1.84. The van der Waals surface area contributed by atoms with Gasteiger partial charge in [0.1, 0.15) is 5.82 Å². The van der Waals surface area contributed by atoms with Gasteiger partial charge in [-0.25, -0.2) is 14.0 Å². The molecule has 0 bridgehead atoms. The smallest absolute Gasteiger partial charge is 0.335 e. The fourth-order valence-electron chi connectivity index (χ4n) is 1.92. The zero-order valence-corrected chi connectivity index (χ0v) is 11.7. The van der Waals surface area contributed by atoms with Gasteiger partial charge >= 0.3 is 12.0 Å². The minimum atomic E-state index is -1.07. The average molecular weight is 302 g/mol. The van der Waals surface area contributed by atoms with Crippen LogP contribution in [0.5, 0.6) is 0 Å². The summed E-state index contributed by atoms with van der Waals surface area (Å²) in [6.45, 7) is 0.269. The van der Waals surface area contributed by atoms with Crippen LogP contribution in [0.3, 0.4) is 0 Å². The number of nitrogens with one attached hydrogen (secondary N) is 2. The van der Waals surface area contributed by atoms with Crippen LogP contribution in [-0.2, 0) is 6.42 Å². The molecule has 114 valence electrons. The van der Waals surface area contributed by atoms with Crippen molar-refractivity contribution in [3.63, 3.8) is 0 Å². The number of carboxylic acids is 1. The van der Waals surface area contributed by atoms with Crippen LogP contribution in [0.4, 0.5) is 14.9 Å². The van der Waals surface area contributed by atoms with E-state index in [1.165, 1.54) is 18.2 Å². The number of anilines is 1. The van der Waals surface area contributed by atoms with E-state index in [1.807, 2.05) is 0 Å². The maximum atomic E-state index is 13.4. The Morgan fingerprint density at radius 1 is 1.09 bits per heavy atom. The fourth-order valence-corrected chi connectivity index (χ4v) is 1.92. The van der Waals surface area contributed by atoms with Crippen LogP contribution in [0.15, 0.2) is 48.5 Å². The average Bonchev–Trinajstić information content (AvgIpc) is 2.49. The zero-order chi connectivity index (χ0) is 15.9. The Labute approximate surface area is 126 Å². The molecule has 0 heterocycles. The molecule has 6 heteroatoms. The molecule has 0 unspecified atom stereocenters. The van der Waals surface area contributed by atoms with Gasteiger partial charge < -0.3 is 15.7 Å². The van der Waals surface area contributed by atoms with Gasteiger partial charge in [0.2, 0.25) is 0 Å². The second-order valence-electron chi connectivity index (χ2n) is 4.61. The van der Waals surface area contributed by atoms with Crippen LogP contribution < -0.4 is 10.6 Å². The lowest BCUT2D eigenvalue weighted by Gasteiger charge is -2.08. The number of hydrogen-bond donors (Lipinski definition) is 3. The van der Waals surface area contributed by atoms with E-state index in [0.29, 0.717) is 17.7 Å². The van der Waals surface area contributed by atoms with Gasteiger partial charge in [0.25, 0.3) is 0 Å². The molecule has 0 radical (unpaired) electrons. The summed E-state index contributed by atoms with van der Waals surface area (Å²) in [7, 11) is 0. The van der Waals surface area contributed by atoms with E-state index < -0.39 is 12.0 Å². The number of carbonyl (C=O) groups is 2. The molecule has 2 aromatic carbocycles. The fraction of sp³-hybridized carbons (Fsp3) is 0.125. The van der Waals surface area contributed by atoms with Gasteiger partial charge in [0.15, 0.2) is 0 Å². The molecule has 0 aliphatic rings. The number of benzene rings is 2. The highest BCUT2D eigenvalue weighted by atomic mass is 19.1. The molecule has 5 nitrogen and oxygen atoms in total. The normalized spacial score (nSPS) is 10.0. The third kappa shape index (κ3) is 4.31. The number of halogens is 1. The van der Waals surface area contributed by atoms with Crippen molar-refractivity contribution in [2.75, 3.05) is 11.9 Å². The second-order valence-corrected chi connectivity index (χ2v) is 4.61. The highest BCUT2D eigenvalue weighted by Gasteiger charge is 2.06. The van der Waals surface area contributed by atoms with Crippen LogP contribution in [0.25, 0.3) is 0 Å². The Morgan fingerprint density at radius 2 is 1.86 bits per heavy atom. The first-order valence-electron chi connectivity index (χ1n) is 6.68. The predicted octanol–water partition coefficient (Wildman–Crippen LogP) is 2.89. The van der Waals surface area contributed by atoms with E-state index in [9.17, 15) is 14.0 Å². The van der Waals surface area contributed by atoms with E-state index in [0.717, 1.165) is 0 Å². The Kier molecular flexibility index (Phi) is 5.08. The first kappa shape index (κ1) is 15.5. The van der Waals surface area contributed by atoms with E-state index in [1.54, 1.807) is 30.3 Å². The van der Waals surface area contributed by atoms with E-state index in [-0.39, 0.29) is 17.9 Å². The van der Waals surface area contributed by atoms with Crippen LogP contribution in [0.1, 0.15) is 15.9 Å². The number of hydrogen-bond acceptors (Lipinski definition) is 2. The lowest BCUT2D eigenvalue weighted by molar-refractivity contribution is 0.0697. The summed E-state index contributed by atoms with van der Waals surface area (Å²) in [5.74, 6) is -1.37. The molecule has 0 aliphatic heterocycles. The third-order valence-corrected chi connectivity index (χ3v) is 3.01. The van der Waals surface area contributed by atoms with E-state index in [4.69, 9.17) is 5.11 Å². The van der Waals surface area contributed by atoms with Gasteiger partial charge in [-0.1, -0.05) is 24.3 Å². The van der Waals surface area contributed by atoms with Crippen LogP contribution in [0.2, 0.25) is 0 Å². The Morgan fingerprint density at radius 3 is 2.59 bits per heavy atom. The molecule has 2 amide bonds. The Bertz CT molecular complexity index is 689. The van der Waals surface area contributed by atoms with Crippen molar-refractivity contribution in [1.29, 1.82) is 0 Å². The maximum Gasteiger partial charge on any atom is 0.335 e. The van der Waals surface area contributed by atoms with E-state index >= 15 is 0 Å². The largest absolute Gasteiger partial charge is 0.478 e. The quantitative estimate of drug-likeness (QED) is 0.794. The standard InChI is InChI=1S/C16H15FN2O3/c17-14-7-2-1-4-11(14)8-9-18-16(22)19-13-6-3-5-12(10-13)15(20)21/h1-7,10H,8-9H2,(H,20,21)(H2,18,19,22). The minimum Gasteiger partial charge on any atom is -0.478 e. The number of urea groups is 1. The molecular formula is C16H15FN2O3. The molecule has 2 rings (SSSR count). The van der Waals surface area contributed by atoms with Crippen molar-refractivity contribution in [2.45, 2.75) is 6.42 Å². The Hall–Kier alpha value is -2.89. The van der Waals surface area contributed by atoms with Crippen molar-refractivity contribution in [1.82, 2.24) is 5.32 Å². The summed E-state index contributed by atoms with van der Waals surface area (Å²) < 4.78 is 13.4. The molecule has 0 atom stereocenters. The van der Waals surface area contributed by atoms with Crippen LogP contribution >= 0.6 is 0 Å². The first-order valence-corrected chi connectivity index (χ1v) is 6.68. The van der Waals surface area contributed by atoms with Gasteiger partial charge in [-0.3, -0.25) is 0 Å². The third-order valence-electron chi connectivity index (χ3n) is 3.01. The van der Waals surface area contributed by atoms with Gasteiger partial charge in [-0.2, -0.15) is 0 Å². The zero-order valence-electron chi connectivity index (χ0n) is 11.7. The molecule has 0 aromatic heterocycles. The molecule has 0 aliphatic carbocycles. The van der Waals surface area contributed by atoms with Gasteiger partial charge in [-0.05, 0) is 36.2 Å².